The third kappa shape index (κ3) is 1.98. The maximum Gasteiger partial charge on any atom is 0.182 e. The molecule has 0 saturated heterocycles. The molecule has 0 bridgehead atoms. The van der Waals surface area contributed by atoms with Crippen molar-refractivity contribution in [3.05, 3.63) is 41.4 Å². The van der Waals surface area contributed by atoms with Gasteiger partial charge in [-0.15, -0.1) is 0 Å². The maximum absolute atomic E-state index is 11.0. The van der Waals surface area contributed by atoms with E-state index < -0.39 is 0 Å². The number of phenols is 1. The Morgan fingerprint density at radius 3 is 2.87 bits per heavy atom. The molecule has 6 nitrogen and oxygen atoms in total. The van der Waals surface area contributed by atoms with E-state index in [-0.39, 0.29) is 12.3 Å². The number of benzene rings is 1. The van der Waals surface area contributed by atoms with Crippen LogP contribution in [0.5, 0.6) is 5.75 Å². The highest BCUT2D eigenvalue weighted by molar-refractivity contribution is 5.49. The highest BCUT2D eigenvalue weighted by Crippen LogP contribution is 2.25. The number of para-hydroxylation sites is 1. The maximum atomic E-state index is 11.0. The van der Waals surface area contributed by atoms with Crippen molar-refractivity contribution in [2.75, 3.05) is 6.54 Å². The molecule has 0 radical (unpaired) electrons. The van der Waals surface area contributed by atoms with Crippen LogP contribution >= 0.6 is 0 Å². The number of hydrogen-bond acceptors (Lipinski definition) is 4. The zero-order valence-corrected chi connectivity index (χ0v) is 7.82. The fourth-order valence-electron chi connectivity index (χ4n) is 1.11. The van der Waals surface area contributed by atoms with Crippen LogP contribution < -0.4 is 0 Å². The number of aromatic hydroxyl groups is 1. The van der Waals surface area contributed by atoms with Crippen molar-refractivity contribution in [3.63, 3.8) is 0 Å². The van der Waals surface area contributed by atoms with Gasteiger partial charge in [0.1, 0.15) is 5.75 Å². The molecule has 2 rings (SSSR count). The van der Waals surface area contributed by atoms with Crippen LogP contribution in [-0.2, 0) is 0 Å². The molecular formula is C9H9N4O2+. The van der Waals surface area contributed by atoms with Crippen molar-refractivity contribution in [1.29, 1.82) is 0 Å². The molecule has 0 amide bonds. The van der Waals surface area contributed by atoms with Gasteiger partial charge in [-0.2, -0.15) is 0 Å². The van der Waals surface area contributed by atoms with Crippen LogP contribution in [-0.4, -0.2) is 21.6 Å². The molecule has 1 heterocycles. The van der Waals surface area contributed by atoms with Crippen molar-refractivity contribution in [1.82, 2.24) is 5.12 Å². The van der Waals surface area contributed by atoms with E-state index in [2.05, 4.69) is 10.3 Å². The first-order valence-corrected chi connectivity index (χ1v) is 4.37. The first kappa shape index (κ1) is 9.32. The highest BCUT2D eigenvalue weighted by Gasteiger charge is 2.20. The van der Waals surface area contributed by atoms with Gasteiger partial charge in [-0.05, 0) is 28.2 Å². The van der Waals surface area contributed by atoms with Gasteiger partial charge in [-0.25, -0.2) is 0 Å². The minimum absolute atomic E-state index is 0.0295. The zero-order chi connectivity index (χ0) is 10.7. The molecular weight excluding hydrogens is 196 g/mol. The molecule has 0 fully saturated rings. The predicted octanol–water partition coefficient (Wildman–Crippen LogP) is 1.91. The van der Waals surface area contributed by atoms with Gasteiger partial charge in [0.2, 0.25) is 0 Å². The van der Waals surface area contributed by atoms with E-state index in [4.69, 9.17) is 0 Å². The van der Waals surface area contributed by atoms with Crippen LogP contribution in [0, 0.1) is 4.91 Å². The zero-order valence-electron chi connectivity index (χ0n) is 7.82. The number of hydrazine groups is 1. The Labute approximate surface area is 85.7 Å². The van der Waals surface area contributed by atoms with E-state index in [1.54, 1.807) is 24.3 Å². The standard InChI is InChI=1S/C9H8N4O2/c14-9-5-2-1-4-8(9)10-11-12-6-3-7-13(12)15/h1-6H,7H2/p+1. The second kappa shape index (κ2) is 3.87. The van der Waals surface area contributed by atoms with Gasteiger partial charge in [0, 0.05) is 5.12 Å². The molecule has 15 heavy (non-hydrogen) atoms. The molecule has 0 saturated carbocycles. The van der Waals surface area contributed by atoms with Gasteiger partial charge in [-0.1, -0.05) is 12.1 Å². The summed E-state index contributed by atoms with van der Waals surface area (Å²) < 4.78 is 0. The lowest BCUT2D eigenvalue weighted by molar-refractivity contribution is -0.680. The van der Waals surface area contributed by atoms with Crippen molar-refractivity contribution in [2.24, 2.45) is 10.3 Å². The third-order valence-corrected chi connectivity index (χ3v) is 1.85. The number of phenolic OH excluding ortho intramolecular Hbond substituents is 1. The fourth-order valence-corrected chi connectivity index (χ4v) is 1.11. The summed E-state index contributed by atoms with van der Waals surface area (Å²) in [6.45, 7) is 0.264. The SMILES string of the molecule is O=[N+]1CC=CN1N=Nc1ccccc1O. The van der Waals surface area contributed by atoms with E-state index in [1.165, 1.54) is 12.3 Å². The summed E-state index contributed by atoms with van der Waals surface area (Å²) in [5.41, 5.74) is 0.325. The minimum Gasteiger partial charge on any atom is -0.506 e. The number of nitroso groups, excluding NO2 is 1. The largest absolute Gasteiger partial charge is 0.506 e. The quantitative estimate of drug-likeness (QED) is 0.592. The molecule has 0 aromatic heterocycles. The Balaban J connectivity index is 2.15. The molecule has 0 atom stereocenters. The fraction of sp³-hybridized carbons (Fsp3) is 0.111. The van der Waals surface area contributed by atoms with Crippen molar-refractivity contribution < 1.29 is 9.98 Å². The molecule has 1 aliphatic heterocycles. The lowest BCUT2D eigenvalue weighted by Crippen LogP contribution is -2.17. The third-order valence-electron chi connectivity index (χ3n) is 1.85. The second-order valence-electron chi connectivity index (χ2n) is 2.92. The highest BCUT2D eigenvalue weighted by atomic mass is 16.3. The minimum atomic E-state index is 0.0295. The van der Waals surface area contributed by atoms with Gasteiger partial charge >= 0.3 is 0 Å². The summed E-state index contributed by atoms with van der Waals surface area (Å²) in [7, 11) is 0. The molecule has 76 valence electrons. The molecule has 1 aromatic carbocycles. The molecule has 0 spiro atoms. The van der Waals surface area contributed by atoms with E-state index in [1.807, 2.05) is 0 Å². The van der Waals surface area contributed by atoms with Crippen LogP contribution in [0.25, 0.3) is 0 Å². The van der Waals surface area contributed by atoms with Crippen molar-refractivity contribution in [3.8, 4) is 5.75 Å². The first-order chi connectivity index (χ1) is 7.27. The molecule has 0 unspecified atom stereocenters. The van der Waals surface area contributed by atoms with Crippen LogP contribution in [0.15, 0.2) is 46.9 Å². The first-order valence-electron chi connectivity index (χ1n) is 4.37. The monoisotopic (exact) mass is 205 g/mol. The van der Waals surface area contributed by atoms with Crippen LogP contribution in [0.1, 0.15) is 0 Å². The van der Waals surface area contributed by atoms with Gasteiger partial charge in [-0.3, -0.25) is 0 Å². The summed E-state index contributed by atoms with van der Waals surface area (Å²) in [5.74, 6) is 0.0295. The van der Waals surface area contributed by atoms with E-state index in [0.29, 0.717) is 10.6 Å². The molecule has 1 aromatic rings. The lowest BCUT2D eigenvalue weighted by Gasteiger charge is -1.94. The Morgan fingerprint density at radius 1 is 1.40 bits per heavy atom. The van der Waals surface area contributed by atoms with Gasteiger partial charge in [0.15, 0.2) is 17.5 Å². The normalized spacial score (nSPS) is 15.5. The predicted molar refractivity (Wildman–Crippen MR) is 52.1 cm³/mol. The summed E-state index contributed by atoms with van der Waals surface area (Å²) in [4.78, 5) is 11.7. The number of rotatable bonds is 2. The van der Waals surface area contributed by atoms with Gasteiger partial charge in [0.05, 0.1) is 11.1 Å². The average Bonchev–Trinajstić information content (AvgIpc) is 2.63. The van der Waals surface area contributed by atoms with Crippen molar-refractivity contribution >= 4 is 5.69 Å². The summed E-state index contributed by atoms with van der Waals surface area (Å²) in [6, 6.07) is 6.52. The van der Waals surface area contributed by atoms with E-state index in [0.717, 1.165) is 5.12 Å². The van der Waals surface area contributed by atoms with E-state index >= 15 is 0 Å². The summed E-state index contributed by atoms with van der Waals surface area (Å²) in [6.07, 6.45) is 3.17. The molecule has 6 heteroatoms. The summed E-state index contributed by atoms with van der Waals surface area (Å²) >= 11 is 0. The van der Waals surface area contributed by atoms with Crippen molar-refractivity contribution in [2.45, 2.75) is 0 Å². The molecule has 1 N–H and O–H groups in total. The Morgan fingerprint density at radius 2 is 2.20 bits per heavy atom. The average molecular weight is 205 g/mol. The summed E-state index contributed by atoms with van der Waals surface area (Å²) in [5, 5.41) is 17.8. The Bertz CT molecular complexity index is 441. The lowest BCUT2D eigenvalue weighted by atomic mass is 10.3. The second-order valence-corrected chi connectivity index (χ2v) is 2.92. The number of hydrogen-bond donors (Lipinski definition) is 1. The molecule has 0 aliphatic carbocycles. The van der Waals surface area contributed by atoms with Crippen LogP contribution in [0.4, 0.5) is 5.69 Å². The smallest absolute Gasteiger partial charge is 0.182 e. The number of nitrogens with zero attached hydrogens (tertiary/aromatic N) is 4. The van der Waals surface area contributed by atoms with Gasteiger partial charge in [0.25, 0.3) is 0 Å². The van der Waals surface area contributed by atoms with Crippen LogP contribution in [0.3, 0.4) is 0 Å². The van der Waals surface area contributed by atoms with E-state index in [9.17, 15) is 10.0 Å². The van der Waals surface area contributed by atoms with Crippen LogP contribution in [0.2, 0.25) is 0 Å². The Hall–Kier alpha value is -2.24. The Kier molecular flexibility index (Phi) is 2.40. The molecule has 1 aliphatic rings. The van der Waals surface area contributed by atoms with Gasteiger partial charge < -0.3 is 5.11 Å². The topological polar surface area (TPSA) is 68.3 Å².